The van der Waals surface area contributed by atoms with E-state index in [1.807, 2.05) is 66.7 Å². The minimum atomic E-state index is -0.572. The largest absolute Gasteiger partial charge is 0.392 e. The molecule has 7 heteroatoms. The van der Waals surface area contributed by atoms with Crippen molar-refractivity contribution in [1.29, 1.82) is 0 Å². The van der Waals surface area contributed by atoms with Crippen molar-refractivity contribution in [3.8, 4) is 11.1 Å². The molecule has 1 heterocycles. The molecule has 0 unspecified atom stereocenters. The third-order valence-corrected chi connectivity index (χ3v) is 9.70. The third kappa shape index (κ3) is 8.86. The van der Waals surface area contributed by atoms with Crippen LogP contribution >= 0.6 is 0 Å². The zero-order valence-corrected chi connectivity index (χ0v) is 29.0. The highest BCUT2D eigenvalue weighted by molar-refractivity contribution is 5.74. The van der Waals surface area contributed by atoms with Gasteiger partial charge in [-0.3, -0.25) is 4.90 Å². The van der Waals surface area contributed by atoms with Crippen molar-refractivity contribution in [3.63, 3.8) is 0 Å². The van der Waals surface area contributed by atoms with E-state index in [1.54, 1.807) is 0 Å². The van der Waals surface area contributed by atoms with Gasteiger partial charge in [-0.2, -0.15) is 0 Å². The quantitative estimate of drug-likeness (QED) is 0.124. The Kier molecular flexibility index (Phi) is 11.7. The standard InChI is InChI=1S/C43H47N3O4/c1-30-40(28-46(3)31(2)35-15-8-5-9-16-35)49-42(50-41(30)36-22-20-33(29-47)21-23-36)39-19-11-18-38(25-39)37-17-10-14-34(24-37)27-45-43(48)44-26-32-12-6-4-7-13-32/h4-25,30-31,40-42,47H,26-29H2,1-3H3,(H2,44,45,48)/t30-,31-,40+,41+,42+/m0/s1. The Balaban J connectivity index is 1.18. The average molecular weight is 670 g/mol. The molecule has 5 aromatic carbocycles. The van der Waals surface area contributed by atoms with Crippen LogP contribution in [0.5, 0.6) is 0 Å². The highest BCUT2D eigenvalue weighted by Crippen LogP contribution is 2.42. The summed E-state index contributed by atoms with van der Waals surface area (Å²) >= 11 is 0. The van der Waals surface area contributed by atoms with Gasteiger partial charge in [-0.05, 0) is 65.0 Å². The monoisotopic (exact) mass is 669 g/mol. The number of likely N-dealkylation sites (N-methyl/N-ethyl adjacent to an activating group) is 1. The van der Waals surface area contributed by atoms with Crippen LogP contribution in [-0.4, -0.2) is 35.7 Å². The summed E-state index contributed by atoms with van der Waals surface area (Å²) in [6.45, 7) is 6.05. The van der Waals surface area contributed by atoms with Crippen LogP contribution in [0.4, 0.5) is 4.79 Å². The van der Waals surface area contributed by atoms with Gasteiger partial charge in [-0.1, -0.05) is 128 Å². The molecular weight excluding hydrogens is 622 g/mol. The molecule has 1 fully saturated rings. The van der Waals surface area contributed by atoms with E-state index >= 15 is 0 Å². The van der Waals surface area contributed by atoms with E-state index in [4.69, 9.17) is 9.47 Å². The van der Waals surface area contributed by atoms with Crippen molar-refractivity contribution in [2.24, 2.45) is 5.92 Å². The maximum atomic E-state index is 12.5. The van der Waals surface area contributed by atoms with Gasteiger partial charge in [0.2, 0.25) is 0 Å². The lowest BCUT2D eigenvalue weighted by Gasteiger charge is -2.43. The summed E-state index contributed by atoms with van der Waals surface area (Å²) in [7, 11) is 2.15. The molecule has 5 atom stereocenters. The number of carbonyl (C=O) groups is 1. The maximum absolute atomic E-state index is 12.5. The Morgan fingerprint density at radius 3 is 2.04 bits per heavy atom. The zero-order valence-electron chi connectivity index (χ0n) is 29.0. The normalized spacial score (nSPS) is 19.5. The molecule has 2 amide bonds. The molecule has 5 aromatic rings. The lowest BCUT2D eigenvalue weighted by Crippen LogP contribution is -2.44. The van der Waals surface area contributed by atoms with E-state index < -0.39 is 6.29 Å². The first-order valence-corrected chi connectivity index (χ1v) is 17.4. The number of aliphatic hydroxyl groups is 1. The van der Waals surface area contributed by atoms with Crippen molar-refractivity contribution in [2.75, 3.05) is 13.6 Å². The number of urea groups is 1. The number of benzene rings is 5. The van der Waals surface area contributed by atoms with E-state index in [0.717, 1.165) is 45.5 Å². The SMILES string of the molecule is C[C@H]1[C@@H](CN(C)[C@@H](C)c2ccccc2)O[C@@H](c2cccc(-c3cccc(CNC(=O)NCc4ccccc4)c3)c2)O[C@H]1c1ccc(CO)cc1. The van der Waals surface area contributed by atoms with Crippen LogP contribution in [0.25, 0.3) is 11.1 Å². The number of hydrogen-bond acceptors (Lipinski definition) is 5. The molecule has 1 aliphatic rings. The fourth-order valence-electron chi connectivity index (χ4n) is 6.50. The molecule has 0 aliphatic carbocycles. The minimum absolute atomic E-state index is 0.00337. The second-order valence-corrected chi connectivity index (χ2v) is 13.2. The Labute approximate surface area is 295 Å². The first-order chi connectivity index (χ1) is 24.4. The summed E-state index contributed by atoms with van der Waals surface area (Å²) in [6.07, 6.45) is -0.867. The number of nitrogens with one attached hydrogen (secondary N) is 2. The van der Waals surface area contributed by atoms with Crippen LogP contribution in [0, 0.1) is 5.92 Å². The van der Waals surface area contributed by atoms with Gasteiger partial charge >= 0.3 is 6.03 Å². The van der Waals surface area contributed by atoms with Crippen LogP contribution in [0.3, 0.4) is 0 Å². The van der Waals surface area contributed by atoms with Gasteiger partial charge < -0.3 is 25.2 Å². The van der Waals surface area contributed by atoms with Crippen molar-refractivity contribution in [2.45, 2.75) is 58.1 Å². The van der Waals surface area contributed by atoms with Crippen LogP contribution in [0.15, 0.2) is 133 Å². The highest BCUT2D eigenvalue weighted by atomic mass is 16.7. The molecule has 0 aromatic heterocycles. The number of aliphatic hydroxyl groups excluding tert-OH is 1. The first-order valence-electron chi connectivity index (χ1n) is 17.4. The van der Waals surface area contributed by atoms with Crippen molar-refractivity contribution < 1.29 is 19.4 Å². The van der Waals surface area contributed by atoms with Crippen molar-refractivity contribution >= 4 is 6.03 Å². The minimum Gasteiger partial charge on any atom is -0.392 e. The topological polar surface area (TPSA) is 83.1 Å². The predicted molar refractivity (Wildman–Crippen MR) is 198 cm³/mol. The second kappa shape index (κ2) is 16.7. The molecule has 50 heavy (non-hydrogen) atoms. The molecule has 258 valence electrons. The molecule has 7 nitrogen and oxygen atoms in total. The predicted octanol–water partition coefficient (Wildman–Crippen LogP) is 8.33. The molecule has 3 N–H and O–H groups in total. The summed E-state index contributed by atoms with van der Waals surface area (Å²) < 4.78 is 13.6. The van der Waals surface area contributed by atoms with Gasteiger partial charge in [0, 0.05) is 37.2 Å². The Morgan fingerprint density at radius 2 is 1.34 bits per heavy atom. The molecule has 0 saturated carbocycles. The number of nitrogens with zero attached hydrogens (tertiary/aromatic N) is 1. The number of ether oxygens (including phenoxy) is 2. The summed E-state index contributed by atoms with van der Waals surface area (Å²) in [6, 6.07) is 45.0. The smallest absolute Gasteiger partial charge is 0.315 e. The second-order valence-electron chi connectivity index (χ2n) is 13.2. The lowest BCUT2D eigenvalue weighted by molar-refractivity contribution is -0.276. The van der Waals surface area contributed by atoms with E-state index in [1.165, 1.54) is 5.56 Å². The molecule has 6 rings (SSSR count). The van der Waals surface area contributed by atoms with Gasteiger partial charge in [0.25, 0.3) is 0 Å². The van der Waals surface area contributed by atoms with Crippen LogP contribution in [0.1, 0.15) is 65.7 Å². The fraction of sp³-hybridized carbons (Fsp3) is 0.279. The Hall–Kier alpha value is -4.79. The zero-order chi connectivity index (χ0) is 34.9. The van der Waals surface area contributed by atoms with Crippen LogP contribution in [0.2, 0.25) is 0 Å². The van der Waals surface area contributed by atoms with E-state index in [-0.39, 0.29) is 36.8 Å². The molecular formula is C43H47N3O4. The summed E-state index contributed by atoms with van der Waals surface area (Å²) in [5.41, 5.74) is 8.29. The maximum Gasteiger partial charge on any atom is 0.315 e. The number of hydrogen-bond donors (Lipinski definition) is 3. The van der Waals surface area contributed by atoms with E-state index in [9.17, 15) is 9.90 Å². The summed E-state index contributed by atoms with van der Waals surface area (Å²) in [5.74, 6) is 0.0777. The first kappa shape index (κ1) is 35.1. The van der Waals surface area contributed by atoms with Gasteiger partial charge in [0.15, 0.2) is 6.29 Å². The molecule has 1 saturated heterocycles. The molecule has 0 spiro atoms. The van der Waals surface area contributed by atoms with Crippen LogP contribution in [-0.2, 0) is 29.2 Å². The fourth-order valence-corrected chi connectivity index (χ4v) is 6.50. The Bertz CT molecular complexity index is 1820. The molecule has 0 radical (unpaired) electrons. The van der Waals surface area contributed by atoms with Crippen molar-refractivity contribution in [1.82, 2.24) is 15.5 Å². The molecule has 0 bridgehead atoms. The number of rotatable bonds is 12. The van der Waals surface area contributed by atoms with E-state index in [2.05, 4.69) is 103 Å². The van der Waals surface area contributed by atoms with E-state index in [0.29, 0.717) is 13.1 Å². The van der Waals surface area contributed by atoms with Gasteiger partial charge in [0.05, 0.1) is 18.8 Å². The summed E-state index contributed by atoms with van der Waals surface area (Å²) in [4.78, 5) is 14.8. The van der Waals surface area contributed by atoms with Crippen LogP contribution < -0.4 is 10.6 Å². The van der Waals surface area contributed by atoms with Gasteiger partial charge in [-0.15, -0.1) is 0 Å². The Morgan fingerprint density at radius 1 is 0.720 bits per heavy atom. The van der Waals surface area contributed by atoms with Gasteiger partial charge in [0.1, 0.15) is 0 Å². The number of amides is 2. The summed E-state index contributed by atoms with van der Waals surface area (Å²) in [5, 5.41) is 15.5. The van der Waals surface area contributed by atoms with Gasteiger partial charge in [-0.25, -0.2) is 4.79 Å². The number of carbonyl (C=O) groups excluding carboxylic acids is 1. The average Bonchev–Trinajstić information content (AvgIpc) is 3.17. The van der Waals surface area contributed by atoms with Crippen molar-refractivity contribution in [3.05, 3.63) is 167 Å². The molecule has 1 aliphatic heterocycles. The lowest BCUT2D eigenvalue weighted by atomic mass is 9.89. The third-order valence-electron chi connectivity index (χ3n) is 9.70. The highest BCUT2D eigenvalue weighted by Gasteiger charge is 2.39.